The standard InChI is InChI=1S/C8H12F3NO7S/c9-8(10,11)20(17,18)12-6(15)1-2-19-7(16)5(3-13)4-14/h5,13-14H,1-4H2,(H,12,15)/p-1. The van der Waals surface area contributed by atoms with Crippen LogP contribution in [0.1, 0.15) is 6.42 Å². The van der Waals surface area contributed by atoms with Crippen LogP contribution >= 0.6 is 0 Å². The summed E-state index contributed by atoms with van der Waals surface area (Å²) in [4.78, 5) is 11.0. The minimum atomic E-state index is -5.92. The number of rotatable bonds is 7. The lowest BCUT2D eigenvalue weighted by atomic mass is 10.2. The van der Waals surface area contributed by atoms with Crippen molar-refractivity contribution in [1.29, 1.82) is 0 Å². The van der Waals surface area contributed by atoms with Gasteiger partial charge in [-0.2, -0.15) is 26.0 Å². The highest BCUT2D eigenvalue weighted by Gasteiger charge is 2.45. The van der Waals surface area contributed by atoms with Gasteiger partial charge in [-0.25, -0.2) is 0 Å². The van der Waals surface area contributed by atoms with Crippen molar-refractivity contribution in [3.05, 3.63) is 0 Å². The molecule has 0 radical (unpaired) electrons. The van der Waals surface area contributed by atoms with Gasteiger partial charge in [0.2, 0.25) is 0 Å². The molecule has 0 rings (SSSR count). The maximum atomic E-state index is 11.9. The van der Waals surface area contributed by atoms with Gasteiger partial charge >= 0.3 is 21.5 Å². The van der Waals surface area contributed by atoms with Gasteiger partial charge in [-0.3, -0.25) is 4.79 Å². The van der Waals surface area contributed by atoms with Crippen LogP contribution in [0.2, 0.25) is 0 Å². The van der Waals surface area contributed by atoms with Crippen LogP contribution in [0.5, 0.6) is 0 Å². The van der Waals surface area contributed by atoms with Gasteiger partial charge < -0.3 is 20.1 Å². The van der Waals surface area contributed by atoms with E-state index in [4.69, 9.17) is 10.2 Å². The van der Waals surface area contributed by atoms with Gasteiger partial charge in [0.25, 0.3) is 0 Å². The summed E-state index contributed by atoms with van der Waals surface area (Å²) in [6.45, 7) is -2.18. The largest absolute Gasteiger partial charge is 0.861 e. The summed E-state index contributed by atoms with van der Waals surface area (Å²) in [6.07, 6.45) is -0.884. The van der Waals surface area contributed by atoms with Crippen LogP contribution in [-0.2, 0) is 19.6 Å². The lowest BCUT2D eigenvalue weighted by Crippen LogP contribution is -2.29. The Morgan fingerprint density at radius 1 is 1.30 bits per heavy atom. The van der Waals surface area contributed by atoms with E-state index in [1.165, 1.54) is 0 Å². The SMILES string of the molecule is O=C(OCC/C([O-])=N/S(=O)(=O)C(F)(F)F)C(CO)CO. The number of ether oxygens (including phenoxy) is 1. The molecule has 0 fully saturated rings. The van der Waals surface area contributed by atoms with Crippen molar-refractivity contribution < 1.29 is 46.4 Å². The number of hydrogen-bond acceptors (Lipinski definition) is 7. The number of esters is 1. The summed E-state index contributed by atoms with van der Waals surface area (Å²) in [5, 5.41) is 28.1. The summed E-state index contributed by atoms with van der Waals surface area (Å²) in [5.74, 6) is -3.97. The number of nitrogens with zero attached hydrogens (tertiary/aromatic N) is 1. The monoisotopic (exact) mass is 322 g/mol. The topological polar surface area (TPSA) is 136 Å². The van der Waals surface area contributed by atoms with Gasteiger partial charge in [0.1, 0.15) is 5.92 Å². The molecule has 0 aliphatic carbocycles. The number of halogens is 3. The molecular weight excluding hydrogens is 311 g/mol. The Balaban J connectivity index is 4.45. The normalized spacial score (nSPS) is 13.6. The molecule has 0 aromatic heterocycles. The molecule has 0 aliphatic heterocycles. The molecule has 0 saturated carbocycles. The molecule has 0 bridgehead atoms. The van der Waals surface area contributed by atoms with Crippen LogP contribution in [-0.4, -0.2) is 55.8 Å². The zero-order valence-electron chi connectivity index (χ0n) is 9.83. The van der Waals surface area contributed by atoms with Crippen molar-refractivity contribution in [2.75, 3.05) is 19.8 Å². The maximum absolute atomic E-state index is 11.9. The summed E-state index contributed by atoms with van der Waals surface area (Å²) in [5.41, 5.74) is -5.68. The fourth-order valence-corrected chi connectivity index (χ4v) is 1.26. The van der Waals surface area contributed by atoms with Crippen LogP contribution in [0, 0.1) is 5.92 Å². The maximum Gasteiger partial charge on any atom is 0.518 e. The number of aliphatic hydroxyl groups excluding tert-OH is 2. The minimum Gasteiger partial charge on any atom is -0.861 e. The molecule has 2 N–H and O–H groups in total. The van der Waals surface area contributed by atoms with Crippen molar-refractivity contribution in [2.45, 2.75) is 11.9 Å². The van der Waals surface area contributed by atoms with Crippen molar-refractivity contribution >= 4 is 21.9 Å². The van der Waals surface area contributed by atoms with E-state index in [0.29, 0.717) is 0 Å². The average molecular weight is 322 g/mol. The van der Waals surface area contributed by atoms with E-state index in [0.717, 1.165) is 0 Å². The number of alkyl halides is 3. The Kier molecular flexibility index (Phi) is 6.88. The molecule has 0 aromatic carbocycles. The number of sulfonamides is 1. The number of carbonyl (C=O) groups excluding carboxylic acids is 1. The van der Waals surface area contributed by atoms with E-state index < -0.39 is 59.6 Å². The van der Waals surface area contributed by atoms with Crippen LogP contribution < -0.4 is 5.11 Å². The molecule has 0 aliphatic rings. The molecular formula is C8H11F3NO7S-. The van der Waals surface area contributed by atoms with E-state index in [-0.39, 0.29) is 0 Å². The van der Waals surface area contributed by atoms with E-state index in [9.17, 15) is 31.5 Å². The third-order valence-corrected chi connectivity index (χ3v) is 2.88. The van der Waals surface area contributed by atoms with Crippen molar-refractivity contribution in [3.8, 4) is 0 Å². The van der Waals surface area contributed by atoms with Crippen LogP contribution in [0.4, 0.5) is 13.2 Å². The first-order chi connectivity index (χ1) is 9.05. The summed E-state index contributed by atoms with van der Waals surface area (Å²) >= 11 is 0. The molecule has 0 saturated heterocycles. The van der Waals surface area contributed by atoms with Crippen LogP contribution in [0.3, 0.4) is 0 Å². The molecule has 12 heteroatoms. The molecule has 0 atom stereocenters. The number of aliphatic hydroxyl groups is 2. The fourth-order valence-electron chi connectivity index (χ4n) is 0.795. The van der Waals surface area contributed by atoms with Gasteiger partial charge in [-0.1, -0.05) is 0 Å². The molecule has 20 heavy (non-hydrogen) atoms. The quantitative estimate of drug-likeness (QED) is 0.318. The Bertz CT molecular complexity index is 455. The summed E-state index contributed by atoms with van der Waals surface area (Å²) < 4.78 is 62.9. The fraction of sp³-hybridized carbons (Fsp3) is 0.750. The number of hydrogen-bond donors (Lipinski definition) is 2. The van der Waals surface area contributed by atoms with E-state index in [1.54, 1.807) is 0 Å². The first-order valence-corrected chi connectivity index (χ1v) is 6.44. The zero-order chi connectivity index (χ0) is 16.0. The molecule has 0 unspecified atom stereocenters. The number of carbonyl (C=O) groups is 1. The molecule has 0 spiro atoms. The highest BCUT2D eigenvalue weighted by molar-refractivity contribution is 7.91. The van der Waals surface area contributed by atoms with Gasteiger partial charge in [-0.05, 0) is 5.90 Å². The first-order valence-electron chi connectivity index (χ1n) is 5.00. The van der Waals surface area contributed by atoms with Crippen LogP contribution in [0.15, 0.2) is 4.40 Å². The Labute approximate surface area is 111 Å². The second-order valence-electron chi connectivity index (χ2n) is 3.39. The molecule has 0 aromatic rings. The van der Waals surface area contributed by atoms with Crippen molar-refractivity contribution in [2.24, 2.45) is 10.3 Å². The Morgan fingerprint density at radius 2 is 1.80 bits per heavy atom. The van der Waals surface area contributed by atoms with E-state index in [2.05, 4.69) is 4.74 Å². The second kappa shape index (κ2) is 7.40. The van der Waals surface area contributed by atoms with Gasteiger partial charge in [-0.15, -0.1) is 0 Å². The Hall–Kier alpha value is -1.40. The second-order valence-corrected chi connectivity index (χ2v) is 4.98. The summed E-state index contributed by atoms with van der Waals surface area (Å²) in [7, 11) is -5.92. The molecule has 118 valence electrons. The van der Waals surface area contributed by atoms with Gasteiger partial charge in [0, 0.05) is 6.42 Å². The zero-order valence-corrected chi connectivity index (χ0v) is 10.6. The first kappa shape index (κ1) is 18.6. The van der Waals surface area contributed by atoms with Gasteiger partial charge in [0.15, 0.2) is 0 Å². The average Bonchev–Trinajstić information content (AvgIpc) is 2.28. The molecule has 8 nitrogen and oxygen atoms in total. The minimum absolute atomic E-state index is 0.726. The highest BCUT2D eigenvalue weighted by Crippen LogP contribution is 2.24. The lowest BCUT2D eigenvalue weighted by Gasteiger charge is -2.13. The van der Waals surface area contributed by atoms with Gasteiger partial charge in [0.05, 0.1) is 19.8 Å². The predicted molar refractivity (Wildman–Crippen MR) is 55.6 cm³/mol. The Morgan fingerprint density at radius 3 is 2.20 bits per heavy atom. The molecule has 0 amide bonds. The van der Waals surface area contributed by atoms with Crippen molar-refractivity contribution in [1.82, 2.24) is 0 Å². The highest BCUT2D eigenvalue weighted by atomic mass is 32.2. The van der Waals surface area contributed by atoms with Crippen LogP contribution in [0.25, 0.3) is 0 Å². The lowest BCUT2D eigenvalue weighted by molar-refractivity contribution is -0.219. The van der Waals surface area contributed by atoms with Crippen molar-refractivity contribution in [3.63, 3.8) is 0 Å². The molecule has 0 heterocycles. The van der Waals surface area contributed by atoms with E-state index >= 15 is 0 Å². The third kappa shape index (κ3) is 5.71. The summed E-state index contributed by atoms with van der Waals surface area (Å²) in [6, 6.07) is 0. The smallest absolute Gasteiger partial charge is 0.518 e. The van der Waals surface area contributed by atoms with E-state index in [1.807, 2.05) is 4.40 Å². The predicted octanol–water partition coefficient (Wildman–Crippen LogP) is -1.87. The third-order valence-electron chi connectivity index (χ3n) is 1.85.